The molecule has 5 heteroatoms. The van der Waals surface area contributed by atoms with E-state index in [1.165, 1.54) is 12.8 Å². The average molecular weight is 356 g/mol. The molecule has 0 aliphatic carbocycles. The van der Waals surface area contributed by atoms with Gasteiger partial charge in [-0.05, 0) is 38.3 Å². The molecule has 4 nitrogen and oxygen atoms in total. The number of esters is 1. The average Bonchev–Trinajstić information content (AvgIpc) is 2.69. The molecule has 2 bridgehead atoms. The number of piperidine rings is 1. The summed E-state index contributed by atoms with van der Waals surface area (Å²) in [6.45, 7) is 0. The Morgan fingerprint density at radius 2 is 1.86 bits per heavy atom. The number of rotatable bonds is 3. The highest BCUT2D eigenvalue weighted by Crippen LogP contribution is 2.35. The highest BCUT2D eigenvalue weighted by Gasteiger charge is 2.40. The minimum Gasteiger partial charge on any atom is -1.00 e. The smallest absolute Gasteiger partial charge is 1.00 e. The van der Waals surface area contributed by atoms with Crippen molar-refractivity contribution in [2.45, 2.75) is 50.0 Å². The monoisotopic (exact) mass is 355 g/mol. The zero-order valence-corrected chi connectivity index (χ0v) is 13.7. The van der Waals surface area contributed by atoms with E-state index in [1.807, 2.05) is 18.2 Å². The minimum atomic E-state index is -1.17. The minimum absolute atomic E-state index is 0. The van der Waals surface area contributed by atoms with Gasteiger partial charge in [-0.1, -0.05) is 30.3 Å². The molecule has 2 heterocycles. The maximum atomic E-state index is 12.0. The van der Waals surface area contributed by atoms with Gasteiger partial charge in [-0.3, -0.25) is 0 Å². The summed E-state index contributed by atoms with van der Waals surface area (Å²) < 4.78 is 5.52. The second-order valence-electron chi connectivity index (χ2n) is 5.89. The Balaban J connectivity index is 0.00000121. The van der Waals surface area contributed by atoms with Crippen LogP contribution in [-0.4, -0.2) is 41.2 Å². The van der Waals surface area contributed by atoms with Crippen molar-refractivity contribution in [3.05, 3.63) is 35.9 Å². The molecule has 1 aromatic rings. The van der Waals surface area contributed by atoms with E-state index >= 15 is 0 Å². The molecule has 116 valence electrons. The first-order valence-electron chi connectivity index (χ1n) is 7.30. The molecular formula is C16H22BrNO3. The predicted molar refractivity (Wildman–Crippen MR) is 76.2 cm³/mol. The number of fused-ring (bicyclic) bond motifs is 2. The number of aliphatic hydroxyl groups excluding tert-OH is 1. The number of halogens is 1. The summed E-state index contributed by atoms with van der Waals surface area (Å²) in [5.41, 5.74) is 0.591. The number of hydrogen-bond acceptors (Lipinski definition) is 4. The van der Waals surface area contributed by atoms with Crippen molar-refractivity contribution in [2.24, 2.45) is 0 Å². The Morgan fingerprint density at radius 1 is 1.29 bits per heavy atom. The van der Waals surface area contributed by atoms with Gasteiger partial charge in [0.2, 0.25) is 0 Å². The predicted octanol–water partition coefficient (Wildman–Crippen LogP) is -0.995. The zero-order chi connectivity index (χ0) is 14.1. The summed E-state index contributed by atoms with van der Waals surface area (Å²) in [6, 6.07) is 10.0. The van der Waals surface area contributed by atoms with Crippen molar-refractivity contribution in [3.63, 3.8) is 0 Å². The first kappa shape index (κ1) is 16.5. The molecule has 0 saturated carbocycles. The fraction of sp³-hybridized carbons (Fsp3) is 0.562. The van der Waals surface area contributed by atoms with E-state index in [-0.39, 0.29) is 24.5 Å². The van der Waals surface area contributed by atoms with Gasteiger partial charge in [0, 0.05) is 12.1 Å². The van der Waals surface area contributed by atoms with Crippen LogP contribution < -0.4 is 17.0 Å². The Labute approximate surface area is 137 Å². The Kier molecular flexibility index (Phi) is 5.41. The molecule has 0 spiro atoms. The Bertz CT molecular complexity index is 474. The van der Waals surface area contributed by atoms with E-state index in [2.05, 4.69) is 11.9 Å². The third kappa shape index (κ3) is 3.47. The fourth-order valence-electron chi connectivity index (χ4n) is 3.46. The van der Waals surface area contributed by atoms with Gasteiger partial charge in [0.25, 0.3) is 0 Å². The standard InChI is InChI=1S/C16H21NO3.BrH/c1-17-12-7-8-13(17)10-14(9-12)20-16(19)15(18)11-5-3-2-4-6-11;/h2-6,12-15,18H,7-10H2,1H3;1H/t12-,13+,14?,15?;. The topological polar surface area (TPSA) is 49.8 Å². The summed E-state index contributed by atoms with van der Waals surface area (Å²) in [5, 5.41) is 10.0. The Morgan fingerprint density at radius 3 is 2.43 bits per heavy atom. The van der Waals surface area contributed by atoms with Crippen LogP contribution in [0, 0.1) is 0 Å². The molecule has 1 N–H and O–H groups in total. The molecule has 0 radical (unpaired) electrons. The van der Waals surface area contributed by atoms with Crippen LogP contribution in [0.5, 0.6) is 0 Å². The molecule has 0 aromatic heterocycles. The van der Waals surface area contributed by atoms with Crippen LogP contribution in [0.15, 0.2) is 30.3 Å². The Hall–Kier alpha value is -0.910. The lowest BCUT2D eigenvalue weighted by atomic mass is 10.0. The van der Waals surface area contributed by atoms with Crippen molar-refractivity contribution < 1.29 is 33.0 Å². The van der Waals surface area contributed by atoms with Crippen molar-refractivity contribution in [2.75, 3.05) is 7.05 Å². The number of carbonyl (C=O) groups excluding carboxylic acids is 1. The number of carbonyl (C=O) groups is 1. The molecule has 3 rings (SSSR count). The summed E-state index contributed by atoms with van der Waals surface area (Å²) >= 11 is 0. The SMILES string of the molecule is CN1[C@@H]2CC[C@H]1CC(OC(=O)C(O)c1ccccc1)C2.[Br-].[H+]. The fourth-order valence-corrected chi connectivity index (χ4v) is 3.46. The summed E-state index contributed by atoms with van der Waals surface area (Å²) in [5.74, 6) is -0.523. The number of aliphatic hydroxyl groups is 1. The van der Waals surface area contributed by atoms with Crippen LogP contribution in [0.25, 0.3) is 0 Å². The lowest BCUT2D eigenvalue weighted by Gasteiger charge is -2.36. The van der Waals surface area contributed by atoms with Gasteiger partial charge in [0.15, 0.2) is 6.10 Å². The van der Waals surface area contributed by atoms with E-state index in [1.54, 1.807) is 12.1 Å². The second-order valence-corrected chi connectivity index (χ2v) is 5.89. The van der Waals surface area contributed by atoms with E-state index < -0.39 is 12.1 Å². The second kappa shape index (κ2) is 6.90. The molecule has 21 heavy (non-hydrogen) atoms. The largest absolute Gasteiger partial charge is 1.00 e. The molecular weight excluding hydrogens is 334 g/mol. The first-order chi connectivity index (χ1) is 9.65. The molecule has 4 atom stereocenters. The van der Waals surface area contributed by atoms with Crippen molar-refractivity contribution in [1.82, 2.24) is 4.90 Å². The maximum absolute atomic E-state index is 12.0. The molecule has 2 aliphatic rings. The summed E-state index contributed by atoms with van der Waals surface area (Å²) in [7, 11) is 2.15. The van der Waals surface area contributed by atoms with E-state index in [9.17, 15) is 9.90 Å². The lowest BCUT2D eigenvalue weighted by molar-refractivity contribution is -0.162. The highest BCUT2D eigenvalue weighted by molar-refractivity contribution is 5.76. The van der Waals surface area contributed by atoms with Crippen LogP contribution in [0.4, 0.5) is 0 Å². The summed E-state index contributed by atoms with van der Waals surface area (Å²) in [6.07, 6.45) is 2.94. The molecule has 2 saturated heterocycles. The van der Waals surface area contributed by atoms with Gasteiger partial charge in [-0.25, -0.2) is 4.79 Å². The van der Waals surface area contributed by atoms with Crippen molar-refractivity contribution in [1.29, 1.82) is 0 Å². The number of hydrogen-bond donors (Lipinski definition) is 1. The summed E-state index contributed by atoms with van der Waals surface area (Å²) in [4.78, 5) is 14.4. The van der Waals surface area contributed by atoms with Crippen molar-refractivity contribution in [3.8, 4) is 0 Å². The molecule has 2 fully saturated rings. The van der Waals surface area contributed by atoms with Crippen LogP contribution in [0.1, 0.15) is 38.8 Å². The number of ether oxygens (including phenoxy) is 1. The number of nitrogens with zero attached hydrogens (tertiary/aromatic N) is 1. The van der Waals surface area contributed by atoms with Gasteiger partial charge in [0.1, 0.15) is 6.10 Å². The van der Waals surface area contributed by atoms with Gasteiger partial charge in [-0.2, -0.15) is 0 Å². The maximum Gasteiger partial charge on any atom is 1.00 e. The third-order valence-electron chi connectivity index (χ3n) is 4.68. The highest BCUT2D eigenvalue weighted by atomic mass is 79.9. The molecule has 0 amide bonds. The zero-order valence-electron chi connectivity index (χ0n) is 13.1. The van der Waals surface area contributed by atoms with Crippen LogP contribution in [-0.2, 0) is 9.53 Å². The molecule has 1 aromatic carbocycles. The van der Waals surface area contributed by atoms with Gasteiger partial charge in [0.05, 0.1) is 0 Å². The van der Waals surface area contributed by atoms with Crippen molar-refractivity contribution >= 4 is 5.97 Å². The van der Waals surface area contributed by atoms with Crippen LogP contribution in [0.3, 0.4) is 0 Å². The van der Waals surface area contributed by atoms with E-state index in [0.717, 1.165) is 12.8 Å². The van der Waals surface area contributed by atoms with Crippen LogP contribution in [0.2, 0.25) is 0 Å². The molecule has 2 aliphatic heterocycles. The van der Waals surface area contributed by atoms with Crippen LogP contribution >= 0.6 is 0 Å². The number of benzene rings is 1. The van der Waals surface area contributed by atoms with E-state index in [4.69, 9.17) is 4.74 Å². The van der Waals surface area contributed by atoms with Gasteiger partial charge in [-0.15, -0.1) is 0 Å². The van der Waals surface area contributed by atoms with E-state index in [0.29, 0.717) is 17.6 Å². The first-order valence-corrected chi connectivity index (χ1v) is 7.30. The van der Waals surface area contributed by atoms with Gasteiger partial charge < -0.3 is 31.7 Å². The normalized spacial score (nSPS) is 29.5. The third-order valence-corrected chi connectivity index (χ3v) is 4.68. The quantitative estimate of drug-likeness (QED) is 0.707. The van der Waals surface area contributed by atoms with Gasteiger partial charge >= 0.3 is 7.40 Å². The molecule has 2 unspecified atom stereocenters. The lowest BCUT2D eigenvalue weighted by Crippen LogP contribution is -3.00.